The number of nitrogens with zero attached hydrogens (tertiary/aromatic N) is 6. The molecule has 3 aromatic heterocycles. The molecule has 1 aliphatic rings. The van der Waals surface area contributed by atoms with Crippen LogP contribution in [-0.4, -0.2) is 70.9 Å². The topological polar surface area (TPSA) is 220 Å². The fourth-order valence-electron chi connectivity index (χ4n) is 3.00. The van der Waals surface area contributed by atoms with E-state index >= 15 is 0 Å². The van der Waals surface area contributed by atoms with E-state index in [1.807, 2.05) is 0 Å². The van der Waals surface area contributed by atoms with Crippen molar-refractivity contribution in [2.75, 3.05) is 17.8 Å². The number of hydrazone groups is 1. The van der Waals surface area contributed by atoms with Gasteiger partial charge in [0.2, 0.25) is 5.95 Å². The third kappa shape index (κ3) is 3.30. The fraction of sp³-hybridized carbons (Fsp3) is 0.333. The zero-order valence-electron chi connectivity index (χ0n) is 15.1. The molecule has 4 heterocycles. The van der Waals surface area contributed by atoms with Crippen LogP contribution in [0, 0.1) is 10.1 Å². The minimum Gasteiger partial charge on any atom is -0.400 e. The number of nitrogens with two attached hydrogens (primary N) is 1. The maximum atomic E-state index is 10.7. The number of imidazole rings is 1. The van der Waals surface area contributed by atoms with E-state index < -0.39 is 42.0 Å². The van der Waals surface area contributed by atoms with Gasteiger partial charge in [-0.25, -0.2) is 20.4 Å². The minimum atomic E-state index is -1.41. The van der Waals surface area contributed by atoms with E-state index in [0.29, 0.717) is 0 Å². The largest absolute Gasteiger partial charge is 0.433 e. The van der Waals surface area contributed by atoms with Crippen molar-refractivity contribution in [3.05, 3.63) is 34.3 Å². The van der Waals surface area contributed by atoms with E-state index in [4.69, 9.17) is 14.9 Å². The van der Waals surface area contributed by atoms with Gasteiger partial charge in [-0.05, 0) is 6.07 Å². The second kappa shape index (κ2) is 7.64. The van der Waals surface area contributed by atoms with Crippen LogP contribution in [0.15, 0.2) is 28.0 Å². The molecule has 3 aromatic rings. The first-order valence-corrected chi connectivity index (χ1v) is 8.55. The van der Waals surface area contributed by atoms with Crippen LogP contribution in [0.4, 0.5) is 17.7 Å². The molecule has 4 atom stereocenters. The smallest absolute Gasteiger partial charge is 0.400 e. The standard InChI is InChI=1S/C15H16N8O7/c16-12-9-13(18-5-17-12)22(14-11(26)10(25)7(4-24)30-14)15(20-9)21-19-3-6-1-2-8(29-6)23(27)28/h1-3,5,7,10-11,14,24-26H,4H2,(H,20,21)(H2,16,17,18)/b19-3-/t7-,10-,11-,14-/m0/s1. The quantitative estimate of drug-likeness (QED) is 0.183. The third-order valence-corrected chi connectivity index (χ3v) is 4.43. The third-order valence-electron chi connectivity index (χ3n) is 4.43. The molecule has 0 bridgehead atoms. The van der Waals surface area contributed by atoms with Gasteiger partial charge in [-0.2, -0.15) is 5.10 Å². The molecule has 4 rings (SSSR count). The van der Waals surface area contributed by atoms with Crippen molar-refractivity contribution in [1.29, 1.82) is 0 Å². The Kier molecular flexibility index (Phi) is 5.00. The number of rotatable bonds is 6. The molecule has 0 aliphatic carbocycles. The van der Waals surface area contributed by atoms with E-state index in [9.17, 15) is 25.4 Å². The number of anilines is 2. The molecule has 1 saturated heterocycles. The van der Waals surface area contributed by atoms with Crippen molar-refractivity contribution in [1.82, 2.24) is 19.5 Å². The average molecular weight is 420 g/mol. The normalized spacial score (nSPS) is 24.1. The zero-order chi connectivity index (χ0) is 21.4. The first kappa shape index (κ1) is 19.6. The lowest BCUT2D eigenvalue weighted by molar-refractivity contribution is -0.402. The lowest BCUT2D eigenvalue weighted by atomic mass is 10.1. The number of aliphatic hydroxyl groups excluding tert-OH is 3. The number of hydrogen-bond acceptors (Lipinski definition) is 13. The van der Waals surface area contributed by atoms with Crippen molar-refractivity contribution in [3.63, 3.8) is 0 Å². The first-order valence-electron chi connectivity index (χ1n) is 8.55. The molecule has 0 unspecified atom stereocenters. The number of nitrogen functional groups attached to an aromatic ring is 1. The second-order valence-corrected chi connectivity index (χ2v) is 6.27. The predicted molar refractivity (Wildman–Crippen MR) is 99.3 cm³/mol. The van der Waals surface area contributed by atoms with Crippen LogP contribution in [0.1, 0.15) is 12.0 Å². The van der Waals surface area contributed by atoms with Crippen LogP contribution >= 0.6 is 0 Å². The SMILES string of the molecule is Nc1ncnc2c1nc(N/N=C\c1ccc([N+](=O)[O-])o1)n2[C@H]1O[C@@H](CO)[C@H](O)[C@@H]1O. The molecule has 0 aromatic carbocycles. The summed E-state index contributed by atoms with van der Waals surface area (Å²) in [6.07, 6.45) is -2.60. The molecule has 158 valence electrons. The Morgan fingerprint density at radius 1 is 1.37 bits per heavy atom. The molecule has 0 saturated carbocycles. The van der Waals surface area contributed by atoms with Crippen molar-refractivity contribution in [3.8, 4) is 0 Å². The molecule has 15 nitrogen and oxygen atoms in total. The van der Waals surface area contributed by atoms with Crippen molar-refractivity contribution in [2.45, 2.75) is 24.5 Å². The molecule has 30 heavy (non-hydrogen) atoms. The van der Waals surface area contributed by atoms with Gasteiger partial charge in [-0.1, -0.05) is 0 Å². The molecular weight excluding hydrogens is 404 g/mol. The number of nitro groups is 1. The number of aromatic nitrogens is 4. The Labute approximate surface area is 166 Å². The van der Waals surface area contributed by atoms with Crippen molar-refractivity contribution in [2.24, 2.45) is 5.10 Å². The van der Waals surface area contributed by atoms with Crippen LogP contribution in [0.5, 0.6) is 0 Å². The fourth-order valence-corrected chi connectivity index (χ4v) is 3.00. The molecule has 0 amide bonds. The summed E-state index contributed by atoms with van der Waals surface area (Å²) in [5.74, 6) is -0.272. The number of aliphatic hydroxyl groups is 3. The highest BCUT2D eigenvalue weighted by Gasteiger charge is 2.45. The maximum absolute atomic E-state index is 10.7. The Balaban J connectivity index is 1.69. The number of furan rings is 1. The van der Waals surface area contributed by atoms with Gasteiger partial charge in [0.05, 0.1) is 18.9 Å². The second-order valence-electron chi connectivity index (χ2n) is 6.27. The van der Waals surface area contributed by atoms with Gasteiger partial charge >= 0.3 is 5.88 Å². The minimum absolute atomic E-state index is 0.0179. The molecular formula is C15H16N8O7. The van der Waals surface area contributed by atoms with E-state index in [1.54, 1.807) is 0 Å². The summed E-state index contributed by atoms with van der Waals surface area (Å²) < 4.78 is 11.8. The number of nitrogens with one attached hydrogen (secondary N) is 1. The van der Waals surface area contributed by atoms with Crippen molar-refractivity contribution >= 4 is 35.0 Å². The summed E-state index contributed by atoms with van der Waals surface area (Å²) in [7, 11) is 0. The van der Waals surface area contributed by atoms with Gasteiger partial charge in [0.25, 0.3) is 0 Å². The van der Waals surface area contributed by atoms with E-state index in [-0.39, 0.29) is 28.7 Å². The van der Waals surface area contributed by atoms with Gasteiger partial charge in [-0.15, -0.1) is 0 Å². The lowest BCUT2D eigenvalue weighted by Crippen LogP contribution is -2.33. The van der Waals surface area contributed by atoms with E-state index in [0.717, 1.165) is 0 Å². The van der Waals surface area contributed by atoms with Crippen LogP contribution in [0.2, 0.25) is 0 Å². The first-order chi connectivity index (χ1) is 14.4. The molecule has 1 aliphatic heterocycles. The monoisotopic (exact) mass is 420 g/mol. The van der Waals surface area contributed by atoms with E-state index in [1.165, 1.54) is 29.2 Å². The Morgan fingerprint density at radius 2 is 2.17 bits per heavy atom. The summed E-state index contributed by atoms with van der Waals surface area (Å²) in [6, 6.07) is 2.52. The number of fused-ring (bicyclic) bond motifs is 1. The maximum Gasteiger partial charge on any atom is 0.433 e. The summed E-state index contributed by atoms with van der Waals surface area (Å²) in [5, 5.41) is 44.4. The molecule has 0 spiro atoms. The van der Waals surface area contributed by atoms with Gasteiger partial charge in [-0.3, -0.25) is 14.7 Å². The summed E-state index contributed by atoms with van der Waals surface area (Å²) in [4.78, 5) is 22.2. The van der Waals surface area contributed by atoms with Crippen LogP contribution in [0.3, 0.4) is 0 Å². The highest BCUT2D eigenvalue weighted by atomic mass is 16.6. The van der Waals surface area contributed by atoms with Gasteiger partial charge in [0, 0.05) is 0 Å². The zero-order valence-corrected chi connectivity index (χ0v) is 15.1. The highest BCUT2D eigenvalue weighted by molar-refractivity contribution is 5.84. The molecule has 6 N–H and O–H groups in total. The Bertz CT molecular complexity index is 1110. The highest BCUT2D eigenvalue weighted by Crippen LogP contribution is 2.35. The van der Waals surface area contributed by atoms with Crippen LogP contribution < -0.4 is 11.2 Å². The molecule has 1 fully saturated rings. The van der Waals surface area contributed by atoms with Gasteiger partial charge in [0.1, 0.15) is 29.6 Å². The lowest BCUT2D eigenvalue weighted by Gasteiger charge is -2.18. The van der Waals surface area contributed by atoms with E-state index in [2.05, 4.69) is 25.5 Å². The Hall–Kier alpha value is -3.66. The van der Waals surface area contributed by atoms with Gasteiger partial charge in [0.15, 0.2) is 29.0 Å². The Morgan fingerprint density at radius 3 is 2.83 bits per heavy atom. The number of hydrogen-bond donors (Lipinski definition) is 5. The summed E-state index contributed by atoms with van der Waals surface area (Å²) in [5.41, 5.74) is 8.80. The molecule has 0 radical (unpaired) electrons. The predicted octanol–water partition coefficient (Wildman–Crippen LogP) is -1.03. The molecule has 15 heteroatoms. The van der Waals surface area contributed by atoms with Gasteiger partial charge < -0.3 is 30.2 Å². The summed E-state index contributed by atoms with van der Waals surface area (Å²) in [6.45, 7) is -0.517. The number of ether oxygens (including phenoxy) is 1. The van der Waals surface area contributed by atoms with Crippen molar-refractivity contribution < 1.29 is 29.4 Å². The van der Waals surface area contributed by atoms with Crippen LogP contribution in [0.25, 0.3) is 11.2 Å². The van der Waals surface area contributed by atoms with Crippen LogP contribution in [-0.2, 0) is 4.74 Å². The average Bonchev–Trinajstić information content (AvgIpc) is 3.40. The summed E-state index contributed by atoms with van der Waals surface area (Å²) >= 11 is 0.